The van der Waals surface area contributed by atoms with E-state index in [0.29, 0.717) is 18.7 Å². The molecule has 0 radical (unpaired) electrons. The minimum atomic E-state index is -1.11. The molecule has 1 aromatic heterocycles. The Balaban J connectivity index is 0.000000283. The molecule has 3 amide bonds. The van der Waals surface area contributed by atoms with Gasteiger partial charge in [0.2, 0.25) is 11.8 Å². The highest BCUT2D eigenvalue weighted by Crippen LogP contribution is 2.27. The molecule has 250 valence electrons. The smallest absolute Gasteiger partial charge is 0.255 e. The number of pyridine rings is 1. The number of primary amides is 2. The van der Waals surface area contributed by atoms with Crippen molar-refractivity contribution in [2.24, 2.45) is 23.3 Å². The molecule has 7 N–H and O–H groups in total. The summed E-state index contributed by atoms with van der Waals surface area (Å²) in [6, 6.07) is 16.3. The van der Waals surface area contributed by atoms with Gasteiger partial charge in [0, 0.05) is 46.5 Å². The maximum absolute atomic E-state index is 12.8. The molecule has 0 aliphatic carbocycles. The summed E-state index contributed by atoms with van der Waals surface area (Å²) in [7, 11) is 0. The van der Waals surface area contributed by atoms with Gasteiger partial charge in [0.25, 0.3) is 5.91 Å². The first-order valence-electron chi connectivity index (χ1n) is 15.5. The van der Waals surface area contributed by atoms with Crippen LogP contribution in [0.25, 0.3) is 10.8 Å². The summed E-state index contributed by atoms with van der Waals surface area (Å²) in [5.74, 6) is -1.24. The van der Waals surface area contributed by atoms with Crippen molar-refractivity contribution >= 4 is 34.3 Å². The molecule has 11 nitrogen and oxygen atoms in total. The lowest BCUT2D eigenvalue weighted by Gasteiger charge is -2.27. The molecule has 5 unspecified atom stereocenters. The molecule has 2 heterocycles. The molecule has 1 aliphatic heterocycles. The Morgan fingerprint density at radius 1 is 1.04 bits per heavy atom. The Hall–Kier alpha value is -4.35. The van der Waals surface area contributed by atoms with E-state index in [-0.39, 0.29) is 41.6 Å². The summed E-state index contributed by atoms with van der Waals surface area (Å²) in [6.45, 7) is 11.8. The first-order valence-corrected chi connectivity index (χ1v) is 15.5. The molecule has 1 fully saturated rings. The number of ketones is 1. The van der Waals surface area contributed by atoms with Crippen LogP contribution in [0.2, 0.25) is 0 Å². The third kappa shape index (κ3) is 11.9. The average molecular weight is 636 g/mol. The number of aliphatic hydroxyl groups is 1. The van der Waals surface area contributed by atoms with Gasteiger partial charge in [0.1, 0.15) is 11.9 Å². The third-order valence-corrected chi connectivity index (χ3v) is 7.57. The van der Waals surface area contributed by atoms with E-state index in [4.69, 9.17) is 16.2 Å². The quantitative estimate of drug-likeness (QED) is 0.225. The van der Waals surface area contributed by atoms with Gasteiger partial charge in [0.05, 0.1) is 6.04 Å². The van der Waals surface area contributed by atoms with E-state index in [1.165, 1.54) is 0 Å². The Bertz CT molecular complexity index is 1440. The maximum atomic E-state index is 12.8. The highest BCUT2D eigenvalue weighted by Gasteiger charge is 2.41. The maximum Gasteiger partial charge on any atom is 0.255 e. The molecule has 0 spiro atoms. The normalized spacial score (nSPS) is 17.6. The largest absolute Gasteiger partial charge is 0.483 e. The van der Waals surface area contributed by atoms with E-state index in [2.05, 4.69) is 15.6 Å². The van der Waals surface area contributed by atoms with Gasteiger partial charge in [-0.2, -0.15) is 0 Å². The van der Waals surface area contributed by atoms with Crippen LogP contribution in [0.5, 0.6) is 5.75 Å². The van der Waals surface area contributed by atoms with Gasteiger partial charge in [0.15, 0.2) is 12.4 Å². The molecule has 4 rings (SSSR count). The van der Waals surface area contributed by atoms with Crippen molar-refractivity contribution in [3.63, 3.8) is 0 Å². The summed E-state index contributed by atoms with van der Waals surface area (Å²) in [5, 5.41) is 18.4. The first kappa shape index (κ1) is 37.8. The number of hydrogen-bond acceptors (Lipinski definition) is 8. The Kier molecular flexibility index (Phi) is 14.8. The molecule has 1 saturated heterocycles. The molecule has 5 atom stereocenters. The van der Waals surface area contributed by atoms with Gasteiger partial charge in [-0.25, -0.2) is 0 Å². The number of ether oxygens (including phenoxy) is 1. The molecule has 46 heavy (non-hydrogen) atoms. The molecule has 2 aromatic carbocycles. The van der Waals surface area contributed by atoms with Crippen LogP contribution in [0.4, 0.5) is 0 Å². The number of hydrogen-bond donors (Lipinski definition) is 5. The fourth-order valence-corrected chi connectivity index (χ4v) is 4.71. The number of amides is 3. The second kappa shape index (κ2) is 18.0. The standard InChI is InChI=1S/C19H28N2O3.C11H10N2O2.C5H11NO/c1-12(13-8-6-5-7-9-13)16(22)17(23)14-10-11-20-15(14)18(24)21-19(2,3)4;12-11(14)7-15-10-3-1-2-8-6-13-5-4-9(8)10;1-3-4(2)5(6)7/h5-9,12,14-16,20,22H,10-11H2,1-4H3,(H,21,24);1-6H,7H2,(H2,12,14);4H,3H2,1-2H3,(H2,6,7). The van der Waals surface area contributed by atoms with Gasteiger partial charge in [-0.3, -0.25) is 24.2 Å². The predicted molar refractivity (Wildman–Crippen MR) is 179 cm³/mol. The van der Waals surface area contributed by atoms with Crippen LogP contribution in [0.3, 0.4) is 0 Å². The fourth-order valence-electron chi connectivity index (χ4n) is 4.71. The lowest BCUT2D eigenvalue weighted by molar-refractivity contribution is -0.136. The number of aliphatic hydroxyl groups excluding tert-OH is 1. The molecular formula is C35H49N5O6. The molecule has 11 heteroatoms. The Morgan fingerprint density at radius 2 is 1.72 bits per heavy atom. The number of aromatic nitrogens is 1. The molecule has 0 saturated carbocycles. The monoisotopic (exact) mass is 635 g/mol. The summed E-state index contributed by atoms with van der Waals surface area (Å²) >= 11 is 0. The van der Waals surface area contributed by atoms with Crippen LogP contribution in [0, 0.1) is 11.8 Å². The lowest BCUT2D eigenvalue weighted by atomic mass is 9.84. The predicted octanol–water partition coefficient (Wildman–Crippen LogP) is 3.23. The third-order valence-electron chi connectivity index (χ3n) is 7.57. The van der Waals surface area contributed by atoms with Crippen molar-refractivity contribution in [1.82, 2.24) is 15.6 Å². The van der Waals surface area contributed by atoms with Crippen molar-refractivity contribution in [1.29, 1.82) is 0 Å². The minimum absolute atomic E-state index is 0.0417. The topological polar surface area (TPSA) is 187 Å². The van der Waals surface area contributed by atoms with Crippen molar-refractivity contribution < 1.29 is 29.0 Å². The van der Waals surface area contributed by atoms with E-state index in [1.54, 1.807) is 18.5 Å². The average Bonchev–Trinajstić information content (AvgIpc) is 3.53. The van der Waals surface area contributed by atoms with E-state index in [0.717, 1.165) is 22.8 Å². The van der Waals surface area contributed by atoms with Crippen LogP contribution in [0.1, 0.15) is 65.9 Å². The number of benzene rings is 2. The number of Topliss-reactive ketones (excluding diaryl/α,β-unsaturated/α-hetero) is 1. The second-order valence-electron chi connectivity index (χ2n) is 12.4. The highest BCUT2D eigenvalue weighted by atomic mass is 16.5. The number of rotatable bonds is 10. The summed E-state index contributed by atoms with van der Waals surface area (Å²) in [6.07, 6.45) is 3.73. The summed E-state index contributed by atoms with van der Waals surface area (Å²) in [4.78, 5) is 49.9. The van der Waals surface area contributed by atoms with Gasteiger partial charge < -0.3 is 31.9 Å². The van der Waals surface area contributed by atoms with Crippen LogP contribution < -0.4 is 26.8 Å². The first-order chi connectivity index (χ1) is 21.7. The minimum Gasteiger partial charge on any atom is -0.483 e. The van der Waals surface area contributed by atoms with Crippen LogP contribution in [-0.4, -0.2) is 64.4 Å². The van der Waals surface area contributed by atoms with Crippen molar-refractivity contribution in [3.05, 3.63) is 72.6 Å². The number of fused-ring (bicyclic) bond motifs is 1. The fraction of sp³-hybridized carbons (Fsp3) is 0.457. The Labute approximate surface area is 271 Å². The van der Waals surface area contributed by atoms with Gasteiger partial charge in [-0.05, 0) is 57.9 Å². The molecule has 0 bridgehead atoms. The van der Waals surface area contributed by atoms with Gasteiger partial charge in [-0.1, -0.05) is 63.2 Å². The van der Waals surface area contributed by atoms with Gasteiger partial charge >= 0.3 is 0 Å². The number of nitrogens with two attached hydrogens (primary N) is 2. The van der Waals surface area contributed by atoms with Crippen molar-refractivity contribution in [2.45, 2.75) is 78.0 Å². The lowest BCUT2D eigenvalue weighted by Crippen LogP contribution is -2.52. The zero-order valence-electron chi connectivity index (χ0n) is 27.7. The van der Waals surface area contributed by atoms with E-state index >= 15 is 0 Å². The number of nitrogens with zero attached hydrogens (tertiary/aromatic N) is 1. The van der Waals surface area contributed by atoms with Crippen molar-refractivity contribution in [3.8, 4) is 5.75 Å². The zero-order valence-corrected chi connectivity index (χ0v) is 27.7. The molecule has 1 aliphatic rings. The number of carbonyl (C=O) groups is 4. The molecule has 3 aromatic rings. The number of carbonyl (C=O) groups excluding carboxylic acids is 4. The number of nitrogens with one attached hydrogen (secondary N) is 2. The van der Waals surface area contributed by atoms with Gasteiger partial charge in [-0.15, -0.1) is 0 Å². The van der Waals surface area contributed by atoms with E-state index in [9.17, 15) is 24.3 Å². The molecular weight excluding hydrogens is 586 g/mol. The Morgan fingerprint density at radius 3 is 2.28 bits per heavy atom. The van der Waals surface area contributed by atoms with Crippen molar-refractivity contribution in [2.75, 3.05) is 13.2 Å². The zero-order chi connectivity index (χ0) is 34.4. The van der Waals surface area contributed by atoms with Crippen LogP contribution in [0.15, 0.2) is 67.0 Å². The van der Waals surface area contributed by atoms with Crippen LogP contribution >= 0.6 is 0 Å². The summed E-state index contributed by atoms with van der Waals surface area (Å²) < 4.78 is 5.28. The van der Waals surface area contributed by atoms with Crippen LogP contribution in [-0.2, 0) is 19.2 Å². The van der Waals surface area contributed by atoms with E-state index in [1.807, 2.05) is 90.1 Å². The highest BCUT2D eigenvalue weighted by molar-refractivity contribution is 5.94. The SMILES string of the molecule is CC(c1ccccc1)C(O)C(=O)C1CCNC1C(=O)NC(C)(C)C.CCC(C)C(N)=O.NC(=O)COc1cccc2cnccc12. The summed E-state index contributed by atoms with van der Waals surface area (Å²) in [5.41, 5.74) is 10.5. The van der Waals surface area contributed by atoms with E-state index < -0.39 is 24.0 Å². The second-order valence-corrected chi connectivity index (χ2v) is 12.4.